The number of hydrogen-bond donors (Lipinski definition) is 1. The third kappa shape index (κ3) is 3.94. The predicted molar refractivity (Wildman–Crippen MR) is 128 cm³/mol. The molecular weight excluding hydrogens is 474 g/mol. The van der Waals surface area contributed by atoms with E-state index in [9.17, 15) is 16.8 Å². The van der Waals surface area contributed by atoms with Crippen LogP contribution in [-0.4, -0.2) is 43.5 Å². The molecule has 0 atom stereocenters. The number of rotatable bonds is 5. The zero-order valence-electron chi connectivity index (χ0n) is 18.9. The number of hydrogen-bond acceptors (Lipinski definition) is 7. The first kappa shape index (κ1) is 22.8. The molecule has 0 saturated carbocycles. The summed E-state index contributed by atoms with van der Waals surface area (Å²) in [6.07, 6.45) is 5.04. The van der Waals surface area contributed by atoms with E-state index in [-0.39, 0.29) is 27.2 Å². The molecule has 0 radical (unpaired) electrons. The van der Waals surface area contributed by atoms with E-state index in [1.54, 1.807) is 56.6 Å². The summed E-state index contributed by atoms with van der Waals surface area (Å²) in [6.45, 7) is 3.52. The SMILES string of the molecule is Cc1noc(C)c1-c1cnc2[nH]cc(CC3CCS(=O)(=O)CC3)c2c1S(=O)(=O)c1ccccc1. The van der Waals surface area contributed by atoms with Crippen LogP contribution in [0.2, 0.25) is 0 Å². The van der Waals surface area contributed by atoms with Crippen LogP contribution >= 0.6 is 0 Å². The van der Waals surface area contributed by atoms with Crippen molar-refractivity contribution in [2.75, 3.05) is 11.5 Å². The van der Waals surface area contributed by atoms with Crippen molar-refractivity contribution in [1.82, 2.24) is 15.1 Å². The van der Waals surface area contributed by atoms with Gasteiger partial charge in [-0.2, -0.15) is 0 Å². The van der Waals surface area contributed by atoms with Crippen molar-refractivity contribution < 1.29 is 21.4 Å². The average molecular weight is 500 g/mol. The highest BCUT2D eigenvalue weighted by atomic mass is 32.2. The first-order chi connectivity index (χ1) is 16.2. The van der Waals surface area contributed by atoms with Gasteiger partial charge in [-0.25, -0.2) is 21.8 Å². The second-order valence-corrected chi connectivity index (χ2v) is 13.0. The van der Waals surface area contributed by atoms with Gasteiger partial charge in [0.25, 0.3) is 0 Å². The van der Waals surface area contributed by atoms with Gasteiger partial charge < -0.3 is 9.51 Å². The number of pyridine rings is 1. The number of fused-ring (bicyclic) bond motifs is 1. The first-order valence-electron chi connectivity index (χ1n) is 11.1. The lowest BCUT2D eigenvalue weighted by molar-refractivity contribution is 0.393. The zero-order chi connectivity index (χ0) is 24.1. The molecule has 1 N–H and O–H groups in total. The normalized spacial score (nSPS) is 16.8. The van der Waals surface area contributed by atoms with Gasteiger partial charge in [-0.15, -0.1) is 0 Å². The van der Waals surface area contributed by atoms with Gasteiger partial charge in [0.1, 0.15) is 21.2 Å². The van der Waals surface area contributed by atoms with Gasteiger partial charge in [0.15, 0.2) is 0 Å². The lowest BCUT2D eigenvalue weighted by atomic mass is 9.93. The van der Waals surface area contributed by atoms with Gasteiger partial charge >= 0.3 is 0 Å². The fourth-order valence-electron chi connectivity index (χ4n) is 4.79. The Bertz CT molecular complexity index is 1550. The minimum absolute atomic E-state index is 0.150. The summed E-state index contributed by atoms with van der Waals surface area (Å²) >= 11 is 0. The van der Waals surface area contributed by atoms with E-state index in [0.29, 0.717) is 52.9 Å². The zero-order valence-corrected chi connectivity index (χ0v) is 20.5. The number of sulfone groups is 2. The van der Waals surface area contributed by atoms with Crippen molar-refractivity contribution in [2.24, 2.45) is 5.92 Å². The van der Waals surface area contributed by atoms with Crippen LogP contribution in [0.5, 0.6) is 0 Å². The van der Waals surface area contributed by atoms with Crippen LogP contribution in [0.3, 0.4) is 0 Å². The molecule has 1 saturated heterocycles. The smallest absolute Gasteiger partial charge is 0.208 e. The molecule has 34 heavy (non-hydrogen) atoms. The van der Waals surface area contributed by atoms with E-state index >= 15 is 0 Å². The molecule has 4 aromatic rings. The van der Waals surface area contributed by atoms with Gasteiger partial charge in [-0.1, -0.05) is 23.4 Å². The van der Waals surface area contributed by atoms with Gasteiger partial charge in [-0.3, -0.25) is 0 Å². The molecule has 8 nitrogen and oxygen atoms in total. The molecule has 0 spiro atoms. The Kier molecular flexibility index (Phi) is 5.60. The van der Waals surface area contributed by atoms with Gasteiger partial charge in [-0.05, 0) is 56.7 Å². The molecule has 1 fully saturated rings. The van der Waals surface area contributed by atoms with Gasteiger partial charge in [0.05, 0.1) is 32.6 Å². The van der Waals surface area contributed by atoms with Crippen molar-refractivity contribution in [2.45, 2.75) is 42.9 Å². The molecule has 0 unspecified atom stereocenters. The fraction of sp³-hybridized carbons (Fsp3) is 0.333. The molecule has 1 aliphatic rings. The maximum absolute atomic E-state index is 14.0. The number of aromatic nitrogens is 3. The molecule has 0 amide bonds. The number of aromatic amines is 1. The van der Waals surface area contributed by atoms with Crippen molar-refractivity contribution in [3.63, 3.8) is 0 Å². The highest BCUT2D eigenvalue weighted by Crippen LogP contribution is 2.40. The number of aryl methyl sites for hydroxylation is 2. The summed E-state index contributed by atoms with van der Waals surface area (Å²) in [4.78, 5) is 8.02. The van der Waals surface area contributed by atoms with Crippen LogP contribution in [0.1, 0.15) is 29.9 Å². The molecule has 1 aliphatic heterocycles. The first-order valence-corrected chi connectivity index (χ1v) is 14.4. The van der Waals surface area contributed by atoms with Crippen LogP contribution in [0.15, 0.2) is 57.0 Å². The van der Waals surface area contributed by atoms with Crippen molar-refractivity contribution in [3.8, 4) is 11.1 Å². The fourth-order valence-corrected chi connectivity index (χ4v) is 8.07. The Balaban J connectivity index is 1.74. The van der Waals surface area contributed by atoms with E-state index in [4.69, 9.17) is 4.52 Å². The summed E-state index contributed by atoms with van der Waals surface area (Å²) in [5, 5.41) is 4.56. The van der Waals surface area contributed by atoms with E-state index in [2.05, 4.69) is 15.1 Å². The third-order valence-corrected chi connectivity index (χ3v) is 10.1. The lowest BCUT2D eigenvalue weighted by Gasteiger charge is -2.22. The summed E-state index contributed by atoms with van der Waals surface area (Å²) in [6, 6.07) is 8.33. The lowest BCUT2D eigenvalue weighted by Crippen LogP contribution is -2.24. The average Bonchev–Trinajstić information content (AvgIpc) is 3.37. The Labute approximate surface area is 198 Å². The molecule has 178 valence electrons. The Morgan fingerprint density at radius 1 is 1.12 bits per heavy atom. The van der Waals surface area contributed by atoms with E-state index in [0.717, 1.165) is 5.56 Å². The molecule has 0 aliphatic carbocycles. The molecule has 5 rings (SSSR count). The predicted octanol–water partition coefficient (Wildman–Crippen LogP) is 4.03. The van der Waals surface area contributed by atoms with Crippen LogP contribution in [0.25, 0.3) is 22.2 Å². The van der Waals surface area contributed by atoms with Crippen molar-refractivity contribution >= 4 is 30.7 Å². The van der Waals surface area contributed by atoms with Crippen LogP contribution in [-0.2, 0) is 26.1 Å². The highest BCUT2D eigenvalue weighted by molar-refractivity contribution is 7.92. The van der Waals surface area contributed by atoms with E-state index in [1.807, 2.05) is 0 Å². The van der Waals surface area contributed by atoms with Gasteiger partial charge in [0, 0.05) is 23.3 Å². The summed E-state index contributed by atoms with van der Waals surface area (Å²) in [7, 11) is -6.92. The summed E-state index contributed by atoms with van der Waals surface area (Å²) in [5.41, 5.74) is 2.93. The minimum Gasteiger partial charge on any atom is -0.361 e. The van der Waals surface area contributed by atoms with Crippen LogP contribution in [0, 0.1) is 19.8 Å². The maximum atomic E-state index is 14.0. The van der Waals surface area contributed by atoms with E-state index < -0.39 is 19.7 Å². The quantitative estimate of drug-likeness (QED) is 0.440. The Morgan fingerprint density at radius 3 is 2.47 bits per heavy atom. The second kappa shape index (κ2) is 8.35. The molecule has 3 aromatic heterocycles. The second-order valence-electron chi connectivity index (χ2n) is 8.85. The Hall–Kier alpha value is -2.98. The molecule has 4 heterocycles. The van der Waals surface area contributed by atoms with Crippen LogP contribution in [0.4, 0.5) is 0 Å². The molecule has 1 aromatic carbocycles. The molecular formula is C24H25N3O5S2. The van der Waals surface area contributed by atoms with Crippen molar-refractivity contribution in [3.05, 3.63) is 59.7 Å². The third-order valence-electron chi connectivity index (χ3n) is 6.54. The van der Waals surface area contributed by atoms with Crippen LogP contribution < -0.4 is 0 Å². The molecule has 10 heteroatoms. The number of nitrogens with zero attached hydrogens (tertiary/aromatic N) is 2. The Morgan fingerprint density at radius 2 is 1.82 bits per heavy atom. The monoisotopic (exact) mass is 499 g/mol. The molecule has 0 bridgehead atoms. The number of H-pyrrole nitrogens is 1. The highest BCUT2D eigenvalue weighted by Gasteiger charge is 2.31. The van der Waals surface area contributed by atoms with Gasteiger partial charge in [0.2, 0.25) is 9.84 Å². The van der Waals surface area contributed by atoms with E-state index in [1.165, 1.54) is 0 Å². The largest absolute Gasteiger partial charge is 0.361 e. The van der Waals surface area contributed by atoms with Crippen molar-refractivity contribution in [1.29, 1.82) is 0 Å². The topological polar surface area (TPSA) is 123 Å². The number of nitrogens with one attached hydrogen (secondary N) is 1. The standard InChI is InChI=1S/C24H25N3O5S2/c1-15-21(16(2)32-27-15)20-14-26-24-22(23(20)34(30,31)19-6-4-3-5-7-19)18(13-25-24)12-17-8-10-33(28,29)11-9-17/h3-7,13-14,17H,8-12H2,1-2H3,(H,25,26). The minimum atomic E-state index is -3.93. The number of benzene rings is 1. The summed E-state index contributed by atoms with van der Waals surface area (Å²) in [5.74, 6) is 0.991. The maximum Gasteiger partial charge on any atom is 0.208 e. The summed E-state index contributed by atoms with van der Waals surface area (Å²) < 4.78 is 57.2.